The number of nitrogens with zero attached hydrogens (tertiary/aromatic N) is 4. The number of hydrogen-bond acceptors (Lipinski definition) is 5. The highest BCUT2D eigenvalue weighted by Crippen LogP contribution is 2.36. The van der Waals surface area contributed by atoms with Crippen LogP contribution in [0.25, 0.3) is 0 Å². The summed E-state index contributed by atoms with van der Waals surface area (Å²) in [5.74, 6) is -0.227. The van der Waals surface area contributed by atoms with Crippen LogP contribution in [0.3, 0.4) is 0 Å². The second kappa shape index (κ2) is 7.74. The highest BCUT2D eigenvalue weighted by molar-refractivity contribution is 9.10. The lowest BCUT2D eigenvalue weighted by molar-refractivity contribution is -0.384. The maximum absolute atomic E-state index is 12.8. The summed E-state index contributed by atoms with van der Waals surface area (Å²) >= 11 is 3.25. The zero-order valence-electron chi connectivity index (χ0n) is 14.3. The lowest BCUT2D eigenvalue weighted by Crippen LogP contribution is -2.49. The summed E-state index contributed by atoms with van der Waals surface area (Å²) in [4.78, 5) is 30.1. The molecule has 7 nitrogen and oxygen atoms in total. The third-order valence-corrected chi connectivity index (χ3v) is 4.79. The molecule has 1 saturated heterocycles. The lowest BCUT2D eigenvalue weighted by Gasteiger charge is -2.35. The van der Waals surface area contributed by atoms with Gasteiger partial charge >= 0.3 is 6.18 Å². The fourth-order valence-electron chi connectivity index (χ4n) is 2.98. The van der Waals surface area contributed by atoms with E-state index in [1.807, 2.05) is 0 Å². The number of aromatic nitrogens is 1. The molecule has 0 saturated carbocycles. The number of halogens is 4. The van der Waals surface area contributed by atoms with Crippen LogP contribution in [0, 0.1) is 10.1 Å². The van der Waals surface area contributed by atoms with E-state index >= 15 is 0 Å². The number of carbonyl (C=O) groups excluding carboxylic acids is 1. The fourth-order valence-corrected chi connectivity index (χ4v) is 3.34. The van der Waals surface area contributed by atoms with Gasteiger partial charge in [0.25, 0.3) is 11.6 Å². The third-order valence-electron chi connectivity index (χ3n) is 4.36. The van der Waals surface area contributed by atoms with Crippen LogP contribution in [0.15, 0.2) is 41.1 Å². The smallest absolute Gasteiger partial charge is 0.362 e. The molecule has 1 aliphatic rings. The van der Waals surface area contributed by atoms with Gasteiger partial charge in [-0.2, -0.15) is 13.2 Å². The quantitative estimate of drug-likeness (QED) is 0.517. The Hall–Kier alpha value is -2.69. The molecular weight excluding hydrogens is 445 g/mol. The van der Waals surface area contributed by atoms with Crippen molar-refractivity contribution in [3.63, 3.8) is 0 Å². The summed E-state index contributed by atoms with van der Waals surface area (Å²) < 4.78 is 39.2. The largest absolute Gasteiger partial charge is 0.416 e. The molecule has 148 valence electrons. The number of nitro groups is 1. The van der Waals surface area contributed by atoms with E-state index in [0.717, 1.165) is 12.1 Å². The Morgan fingerprint density at radius 3 is 2.39 bits per heavy atom. The van der Waals surface area contributed by atoms with Crippen LogP contribution in [0.2, 0.25) is 0 Å². The van der Waals surface area contributed by atoms with Gasteiger partial charge in [0.05, 0.1) is 16.1 Å². The van der Waals surface area contributed by atoms with Gasteiger partial charge in [-0.15, -0.1) is 0 Å². The first-order chi connectivity index (χ1) is 13.2. The topological polar surface area (TPSA) is 79.6 Å². The first kappa shape index (κ1) is 20.1. The van der Waals surface area contributed by atoms with Crippen LogP contribution < -0.4 is 4.90 Å². The summed E-state index contributed by atoms with van der Waals surface area (Å²) in [6.45, 7) is 1.09. The maximum atomic E-state index is 12.8. The predicted molar refractivity (Wildman–Crippen MR) is 98.2 cm³/mol. The Balaban J connectivity index is 1.76. The SMILES string of the molecule is O=C(c1cncc(Br)c1)N1CCN(c2ccc(C(F)(F)F)cc2[N+](=O)[O-])CC1. The van der Waals surface area contributed by atoms with Gasteiger partial charge in [0, 0.05) is 49.1 Å². The van der Waals surface area contributed by atoms with E-state index in [9.17, 15) is 28.1 Å². The van der Waals surface area contributed by atoms with Crippen LogP contribution in [-0.4, -0.2) is 46.9 Å². The molecule has 0 aliphatic carbocycles. The van der Waals surface area contributed by atoms with Crippen molar-refractivity contribution in [2.75, 3.05) is 31.1 Å². The number of benzene rings is 1. The normalized spacial score (nSPS) is 14.9. The Morgan fingerprint density at radius 2 is 1.82 bits per heavy atom. The second-order valence-electron chi connectivity index (χ2n) is 6.13. The number of hydrogen-bond donors (Lipinski definition) is 0. The van der Waals surface area contributed by atoms with Crippen LogP contribution >= 0.6 is 15.9 Å². The summed E-state index contributed by atoms with van der Waals surface area (Å²) in [7, 11) is 0. The number of carbonyl (C=O) groups is 1. The van der Waals surface area contributed by atoms with Crippen molar-refractivity contribution in [2.24, 2.45) is 0 Å². The van der Waals surface area contributed by atoms with Gasteiger partial charge in [-0.1, -0.05) is 0 Å². The summed E-state index contributed by atoms with van der Waals surface area (Å²) in [5.41, 5.74) is -1.16. The van der Waals surface area contributed by atoms with Crippen LogP contribution in [-0.2, 0) is 6.18 Å². The molecule has 0 N–H and O–H groups in total. The van der Waals surface area contributed by atoms with E-state index < -0.39 is 22.4 Å². The lowest BCUT2D eigenvalue weighted by atomic mass is 10.1. The van der Waals surface area contributed by atoms with Crippen LogP contribution in [0.1, 0.15) is 15.9 Å². The van der Waals surface area contributed by atoms with Gasteiger partial charge < -0.3 is 9.80 Å². The molecule has 1 aromatic carbocycles. The van der Waals surface area contributed by atoms with Gasteiger partial charge in [0.2, 0.25) is 0 Å². The number of rotatable bonds is 3. The van der Waals surface area contributed by atoms with E-state index in [0.29, 0.717) is 16.1 Å². The second-order valence-corrected chi connectivity index (χ2v) is 7.05. The summed E-state index contributed by atoms with van der Waals surface area (Å²) in [5, 5.41) is 11.3. The van der Waals surface area contributed by atoms with Gasteiger partial charge in [-0.05, 0) is 34.1 Å². The average molecular weight is 459 g/mol. The van der Waals surface area contributed by atoms with Crippen molar-refractivity contribution in [1.82, 2.24) is 9.88 Å². The molecule has 1 amide bonds. The molecule has 0 bridgehead atoms. The van der Waals surface area contributed by atoms with E-state index in [1.165, 1.54) is 6.20 Å². The van der Waals surface area contributed by atoms with Gasteiger partial charge in [0.15, 0.2) is 0 Å². The van der Waals surface area contributed by atoms with Crippen molar-refractivity contribution in [3.8, 4) is 0 Å². The average Bonchev–Trinajstić information content (AvgIpc) is 2.66. The minimum atomic E-state index is -4.66. The molecule has 3 rings (SSSR count). The molecule has 0 atom stereocenters. The van der Waals surface area contributed by atoms with E-state index in [4.69, 9.17) is 0 Å². The molecule has 0 radical (unpaired) electrons. The molecule has 1 fully saturated rings. The number of piperazine rings is 1. The zero-order valence-corrected chi connectivity index (χ0v) is 15.9. The predicted octanol–water partition coefficient (Wildman–Crippen LogP) is 3.73. The van der Waals surface area contributed by atoms with Crippen LogP contribution in [0.4, 0.5) is 24.5 Å². The molecule has 1 aliphatic heterocycles. The van der Waals surface area contributed by atoms with Crippen molar-refractivity contribution < 1.29 is 22.9 Å². The van der Waals surface area contributed by atoms with Crippen LogP contribution in [0.5, 0.6) is 0 Å². The van der Waals surface area contributed by atoms with Crippen molar-refractivity contribution >= 4 is 33.2 Å². The highest BCUT2D eigenvalue weighted by Gasteiger charge is 2.34. The van der Waals surface area contributed by atoms with Crippen molar-refractivity contribution in [1.29, 1.82) is 0 Å². The molecule has 0 spiro atoms. The first-order valence-electron chi connectivity index (χ1n) is 8.17. The summed E-state index contributed by atoms with van der Waals surface area (Å²) in [6.07, 6.45) is -1.66. The monoisotopic (exact) mass is 458 g/mol. The molecule has 28 heavy (non-hydrogen) atoms. The Morgan fingerprint density at radius 1 is 1.14 bits per heavy atom. The van der Waals surface area contributed by atoms with E-state index in [-0.39, 0.29) is 37.8 Å². The van der Waals surface area contributed by atoms with Crippen molar-refractivity contribution in [2.45, 2.75) is 6.18 Å². The molecule has 11 heteroatoms. The zero-order chi connectivity index (χ0) is 20.5. The van der Waals surface area contributed by atoms with Gasteiger partial charge in [-0.3, -0.25) is 19.9 Å². The standard InChI is InChI=1S/C17H14BrF3N4O3/c18-13-7-11(9-22-10-13)16(26)24-5-3-23(4-6-24)14-2-1-12(17(19,20)21)8-15(14)25(27)28/h1-2,7-10H,3-6H2. The molecule has 2 aromatic rings. The maximum Gasteiger partial charge on any atom is 0.416 e. The van der Waals surface area contributed by atoms with E-state index in [1.54, 1.807) is 22.1 Å². The molecular formula is C17H14BrF3N4O3. The molecule has 2 heterocycles. The Bertz CT molecular complexity index is 915. The molecule has 1 aromatic heterocycles. The minimum Gasteiger partial charge on any atom is -0.362 e. The van der Waals surface area contributed by atoms with Crippen molar-refractivity contribution in [3.05, 3.63) is 62.4 Å². The number of anilines is 1. The van der Waals surface area contributed by atoms with Gasteiger partial charge in [0.1, 0.15) is 5.69 Å². The Kier molecular flexibility index (Phi) is 5.54. The Labute approximate surface area is 166 Å². The number of nitro benzene ring substituents is 1. The fraction of sp³-hybridized carbons (Fsp3) is 0.294. The first-order valence-corrected chi connectivity index (χ1v) is 8.96. The van der Waals surface area contributed by atoms with Gasteiger partial charge in [-0.25, -0.2) is 0 Å². The highest BCUT2D eigenvalue weighted by atomic mass is 79.9. The molecule has 0 unspecified atom stereocenters. The third kappa shape index (κ3) is 4.24. The summed E-state index contributed by atoms with van der Waals surface area (Å²) in [6, 6.07) is 4.12. The van der Waals surface area contributed by atoms with E-state index in [2.05, 4.69) is 20.9 Å². The number of pyridine rings is 1. The number of alkyl halides is 3. The number of amides is 1. The minimum absolute atomic E-state index is 0.106.